The number of ether oxygens (including phenoxy) is 3. The molecule has 1 unspecified atom stereocenters. The van der Waals surface area contributed by atoms with Crippen LogP contribution in [0.3, 0.4) is 0 Å². The maximum atomic E-state index is 12.9. The number of unbranched alkanes of at least 4 members (excludes halogenated alkanes) is 38. The molecular formula is C74H130O6. The number of esters is 3. The average molecular weight is 1120 g/mol. The van der Waals surface area contributed by atoms with E-state index in [0.717, 1.165) is 109 Å². The number of hydrogen-bond acceptors (Lipinski definition) is 6. The molecule has 0 radical (unpaired) electrons. The largest absolute Gasteiger partial charge is 0.462 e. The average Bonchev–Trinajstić information content (AvgIpc) is 3.46. The summed E-state index contributed by atoms with van der Waals surface area (Å²) in [5.41, 5.74) is 0. The molecule has 0 aromatic heterocycles. The van der Waals surface area contributed by atoms with Gasteiger partial charge in [0.05, 0.1) is 0 Å². The minimum absolute atomic E-state index is 0.0865. The Morgan fingerprint density at radius 1 is 0.263 bits per heavy atom. The maximum Gasteiger partial charge on any atom is 0.306 e. The Balaban J connectivity index is 4.22. The van der Waals surface area contributed by atoms with Crippen LogP contribution in [0.4, 0.5) is 0 Å². The monoisotopic (exact) mass is 1110 g/mol. The maximum absolute atomic E-state index is 12.9. The summed E-state index contributed by atoms with van der Waals surface area (Å²) in [6.45, 7) is 6.52. The molecule has 0 fully saturated rings. The van der Waals surface area contributed by atoms with E-state index >= 15 is 0 Å². The third-order valence-corrected chi connectivity index (χ3v) is 15.1. The molecule has 1 atom stereocenters. The van der Waals surface area contributed by atoms with Crippen molar-refractivity contribution in [3.05, 3.63) is 85.1 Å². The van der Waals surface area contributed by atoms with Crippen molar-refractivity contribution in [3.8, 4) is 0 Å². The summed E-state index contributed by atoms with van der Waals surface area (Å²) in [6, 6.07) is 0. The number of rotatable bonds is 63. The highest BCUT2D eigenvalue weighted by Gasteiger charge is 2.19. The Bertz CT molecular complexity index is 1520. The van der Waals surface area contributed by atoms with Gasteiger partial charge in [0.15, 0.2) is 6.10 Å². The summed E-state index contributed by atoms with van der Waals surface area (Å²) in [7, 11) is 0. The zero-order valence-corrected chi connectivity index (χ0v) is 53.1. The topological polar surface area (TPSA) is 78.9 Å². The minimum Gasteiger partial charge on any atom is -0.462 e. The first-order valence-electron chi connectivity index (χ1n) is 34.6. The van der Waals surface area contributed by atoms with Gasteiger partial charge in [-0.3, -0.25) is 14.4 Å². The second-order valence-electron chi connectivity index (χ2n) is 23.1. The second-order valence-corrected chi connectivity index (χ2v) is 23.1. The smallest absolute Gasteiger partial charge is 0.306 e. The van der Waals surface area contributed by atoms with Gasteiger partial charge in [-0.15, -0.1) is 0 Å². The summed E-state index contributed by atoms with van der Waals surface area (Å²) in [5, 5.41) is 0. The molecule has 0 aliphatic rings. The lowest BCUT2D eigenvalue weighted by atomic mass is 10.0. The Hall–Kier alpha value is -3.41. The molecule has 0 rings (SSSR count). The lowest BCUT2D eigenvalue weighted by Gasteiger charge is -2.18. The van der Waals surface area contributed by atoms with Crippen molar-refractivity contribution in [2.75, 3.05) is 13.2 Å². The Kier molecular flexibility index (Phi) is 65.2. The van der Waals surface area contributed by atoms with E-state index < -0.39 is 6.10 Å². The lowest BCUT2D eigenvalue weighted by molar-refractivity contribution is -0.167. The Morgan fingerprint density at radius 3 is 0.775 bits per heavy atom. The predicted octanol–water partition coefficient (Wildman–Crippen LogP) is 23.8. The van der Waals surface area contributed by atoms with E-state index in [0.29, 0.717) is 19.3 Å². The number of hydrogen-bond donors (Lipinski definition) is 0. The van der Waals surface area contributed by atoms with Gasteiger partial charge in [-0.25, -0.2) is 0 Å². The van der Waals surface area contributed by atoms with Crippen molar-refractivity contribution in [1.82, 2.24) is 0 Å². The van der Waals surface area contributed by atoms with Gasteiger partial charge in [0.2, 0.25) is 0 Å². The molecule has 0 aromatic rings. The Labute approximate surface area is 496 Å². The van der Waals surface area contributed by atoms with Crippen molar-refractivity contribution in [2.24, 2.45) is 0 Å². The first-order valence-corrected chi connectivity index (χ1v) is 34.6. The molecule has 0 saturated heterocycles. The van der Waals surface area contributed by atoms with Gasteiger partial charge in [0.25, 0.3) is 0 Å². The van der Waals surface area contributed by atoms with Crippen LogP contribution in [-0.2, 0) is 28.6 Å². The van der Waals surface area contributed by atoms with Crippen LogP contribution in [0.25, 0.3) is 0 Å². The molecule has 6 heteroatoms. The molecule has 462 valence electrons. The van der Waals surface area contributed by atoms with E-state index in [9.17, 15) is 14.4 Å². The molecule has 0 amide bonds. The Morgan fingerprint density at radius 2 is 0.487 bits per heavy atom. The molecule has 0 aliphatic heterocycles. The molecule has 0 heterocycles. The van der Waals surface area contributed by atoms with Crippen LogP contribution < -0.4 is 0 Å². The summed E-state index contributed by atoms with van der Waals surface area (Å²) in [4.78, 5) is 38.3. The quantitative estimate of drug-likeness (QED) is 0.0261. The second kappa shape index (κ2) is 68.1. The third kappa shape index (κ3) is 65.4. The molecular weight excluding hydrogens is 985 g/mol. The highest BCUT2D eigenvalue weighted by atomic mass is 16.6. The molecule has 0 aliphatic carbocycles. The molecule has 0 N–H and O–H groups in total. The number of carbonyl (C=O) groups is 3. The molecule has 0 saturated carbocycles. The van der Waals surface area contributed by atoms with Crippen LogP contribution in [0.1, 0.15) is 348 Å². The van der Waals surface area contributed by atoms with Crippen LogP contribution in [0, 0.1) is 0 Å². The van der Waals surface area contributed by atoms with Gasteiger partial charge in [-0.05, 0) is 116 Å². The SMILES string of the molecule is CC/C=C\C/C=C\C/C=C\C/C=C\CCCCCCC(=O)OC(COC(=O)CCCCCCC/C=C\CCCCCCC)COC(=O)CCCCCCCCCCCCCCCCCCCCC/C=C\C/C=C\CCCCCCC. The van der Waals surface area contributed by atoms with Crippen molar-refractivity contribution in [1.29, 1.82) is 0 Å². The van der Waals surface area contributed by atoms with Gasteiger partial charge in [-0.2, -0.15) is 0 Å². The number of allylic oxidation sites excluding steroid dienone is 14. The highest BCUT2D eigenvalue weighted by molar-refractivity contribution is 5.71. The van der Waals surface area contributed by atoms with E-state index in [4.69, 9.17) is 14.2 Å². The normalized spacial score (nSPS) is 12.6. The van der Waals surface area contributed by atoms with E-state index in [1.54, 1.807) is 0 Å². The van der Waals surface area contributed by atoms with Crippen LogP contribution >= 0.6 is 0 Å². The minimum atomic E-state index is -0.793. The first kappa shape index (κ1) is 76.6. The summed E-state index contributed by atoms with van der Waals surface area (Å²) in [5.74, 6) is -0.904. The zero-order valence-electron chi connectivity index (χ0n) is 53.1. The third-order valence-electron chi connectivity index (χ3n) is 15.1. The van der Waals surface area contributed by atoms with Gasteiger partial charge >= 0.3 is 17.9 Å². The van der Waals surface area contributed by atoms with Gasteiger partial charge in [-0.1, -0.05) is 298 Å². The van der Waals surface area contributed by atoms with Crippen LogP contribution in [0.15, 0.2) is 85.1 Å². The van der Waals surface area contributed by atoms with Crippen LogP contribution in [0.2, 0.25) is 0 Å². The van der Waals surface area contributed by atoms with Crippen molar-refractivity contribution in [3.63, 3.8) is 0 Å². The van der Waals surface area contributed by atoms with Gasteiger partial charge < -0.3 is 14.2 Å². The zero-order chi connectivity index (χ0) is 57.8. The highest BCUT2D eigenvalue weighted by Crippen LogP contribution is 2.17. The summed E-state index contributed by atoms with van der Waals surface area (Å²) >= 11 is 0. The van der Waals surface area contributed by atoms with Crippen molar-refractivity contribution < 1.29 is 28.6 Å². The van der Waals surface area contributed by atoms with Gasteiger partial charge in [0.1, 0.15) is 13.2 Å². The standard InChI is InChI=1S/C74H130O6/c1-4-7-10-13-16-19-22-25-28-30-31-32-33-34-35-36-37-38-39-40-41-42-43-45-46-49-52-55-58-61-64-67-73(76)79-70-71(69-78-72(75)66-63-60-57-54-51-48-27-24-21-18-15-12-9-6-3)80-74(77)68-65-62-59-56-53-50-47-44-29-26-23-20-17-14-11-8-5-2/h8,11,17,20,22,24-27,29-31,47,50,71H,4-7,9-10,12-16,18-19,21,23,28,32-46,48-49,51-70H2,1-3H3/b11-8-,20-17-,25-22-,27-24-,29-26-,31-30-,50-47-. The predicted molar refractivity (Wildman–Crippen MR) is 348 cm³/mol. The summed E-state index contributed by atoms with van der Waals surface area (Å²) in [6.07, 6.45) is 90.4. The first-order chi connectivity index (χ1) is 39.5. The number of carbonyl (C=O) groups excluding carboxylic acids is 3. The molecule has 0 spiro atoms. The molecule has 0 bridgehead atoms. The molecule has 6 nitrogen and oxygen atoms in total. The van der Waals surface area contributed by atoms with Gasteiger partial charge in [0, 0.05) is 19.3 Å². The summed E-state index contributed by atoms with van der Waals surface area (Å²) < 4.78 is 16.9. The molecule has 0 aromatic carbocycles. The van der Waals surface area contributed by atoms with E-state index in [-0.39, 0.29) is 31.1 Å². The van der Waals surface area contributed by atoms with E-state index in [1.807, 2.05) is 0 Å². The lowest BCUT2D eigenvalue weighted by Crippen LogP contribution is -2.30. The van der Waals surface area contributed by atoms with Crippen LogP contribution in [-0.4, -0.2) is 37.2 Å². The fourth-order valence-corrected chi connectivity index (χ4v) is 9.93. The van der Waals surface area contributed by atoms with E-state index in [2.05, 4.69) is 106 Å². The molecule has 80 heavy (non-hydrogen) atoms. The van der Waals surface area contributed by atoms with Crippen molar-refractivity contribution in [2.45, 2.75) is 354 Å². The fraction of sp³-hybridized carbons (Fsp3) is 0.770. The van der Waals surface area contributed by atoms with Crippen LogP contribution in [0.5, 0.6) is 0 Å². The fourth-order valence-electron chi connectivity index (χ4n) is 9.93. The van der Waals surface area contributed by atoms with Crippen molar-refractivity contribution >= 4 is 17.9 Å². The van der Waals surface area contributed by atoms with E-state index in [1.165, 1.54) is 199 Å².